The Morgan fingerprint density at radius 2 is 1.96 bits per heavy atom. The topological polar surface area (TPSA) is 49.7 Å². The Bertz CT molecular complexity index is 487. The summed E-state index contributed by atoms with van der Waals surface area (Å²) in [6, 6.07) is 10.0. The summed E-state index contributed by atoms with van der Waals surface area (Å²) >= 11 is 3.88. The van der Waals surface area contributed by atoms with E-state index < -0.39 is 6.10 Å². The van der Waals surface area contributed by atoms with Gasteiger partial charge in [0.2, 0.25) is 0 Å². The fraction of sp³-hybridized carbons (Fsp3) is 0.579. The lowest BCUT2D eigenvalue weighted by Crippen LogP contribution is -2.37. The minimum absolute atomic E-state index is 0.0283. The first kappa shape index (κ1) is 19.9. The first-order chi connectivity index (χ1) is 11.7. The van der Waals surface area contributed by atoms with E-state index in [0.717, 1.165) is 17.1 Å². The predicted molar refractivity (Wildman–Crippen MR) is 104 cm³/mol. The van der Waals surface area contributed by atoms with Crippen LogP contribution in [0.4, 0.5) is 0 Å². The van der Waals surface area contributed by atoms with Gasteiger partial charge in [0.25, 0.3) is 0 Å². The van der Waals surface area contributed by atoms with Gasteiger partial charge in [0.15, 0.2) is 0 Å². The molecule has 1 saturated heterocycles. The molecule has 2 atom stereocenters. The largest absolute Gasteiger partial charge is 0.392 e. The van der Waals surface area contributed by atoms with Crippen molar-refractivity contribution in [3.05, 3.63) is 48.0 Å². The average Bonchev–Trinajstić information content (AvgIpc) is 2.61. The molecule has 1 aromatic carbocycles. The fourth-order valence-electron chi connectivity index (χ4n) is 2.84. The van der Waals surface area contributed by atoms with Crippen molar-refractivity contribution in [2.45, 2.75) is 36.6 Å². The van der Waals surface area contributed by atoms with Crippen molar-refractivity contribution in [1.29, 1.82) is 0 Å². The average molecular weight is 369 g/mol. The van der Waals surface area contributed by atoms with Crippen LogP contribution in [0.2, 0.25) is 0 Å². The van der Waals surface area contributed by atoms with Gasteiger partial charge < -0.3 is 14.9 Å². The summed E-state index contributed by atoms with van der Waals surface area (Å²) in [7, 11) is 0. The minimum atomic E-state index is -0.475. The molecule has 0 aromatic heterocycles. The number of thioether (sulfide) groups is 2. The van der Waals surface area contributed by atoms with Crippen LogP contribution >= 0.6 is 23.5 Å². The maximum atomic E-state index is 10.5. The number of aliphatic hydroxyl groups is 2. The highest BCUT2D eigenvalue weighted by Crippen LogP contribution is 2.51. The fourth-order valence-corrected chi connectivity index (χ4v) is 6.43. The molecule has 1 aliphatic rings. The monoisotopic (exact) mass is 368 g/mol. The van der Waals surface area contributed by atoms with E-state index >= 15 is 0 Å². The van der Waals surface area contributed by atoms with Crippen molar-refractivity contribution in [3.8, 4) is 0 Å². The second-order valence-electron chi connectivity index (χ2n) is 6.12. The van der Waals surface area contributed by atoms with Crippen molar-refractivity contribution in [3.63, 3.8) is 0 Å². The van der Waals surface area contributed by atoms with Gasteiger partial charge in [0.1, 0.15) is 0 Å². The Morgan fingerprint density at radius 3 is 2.62 bits per heavy atom. The van der Waals surface area contributed by atoms with Gasteiger partial charge in [0.05, 0.1) is 30.0 Å². The summed E-state index contributed by atoms with van der Waals surface area (Å²) < 4.78 is 5.67. The molecule has 0 aliphatic carbocycles. The summed E-state index contributed by atoms with van der Waals surface area (Å²) in [6.07, 6.45) is 5.32. The Labute approximate surface area is 153 Å². The molecule has 2 N–H and O–H groups in total. The third-order valence-corrected chi connectivity index (χ3v) is 7.89. The lowest BCUT2D eigenvalue weighted by Gasteiger charge is -2.41. The molecule has 0 bridgehead atoms. The maximum Gasteiger partial charge on any atom is 0.0795 e. The van der Waals surface area contributed by atoms with Crippen molar-refractivity contribution >= 4 is 23.5 Å². The zero-order chi connectivity index (χ0) is 17.3. The third-order valence-electron chi connectivity index (χ3n) is 4.15. The van der Waals surface area contributed by atoms with Crippen molar-refractivity contribution < 1.29 is 14.9 Å². The number of benzene rings is 1. The molecule has 1 aliphatic heterocycles. The van der Waals surface area contributed by atoms with Gasteiger partial charge >= 0.3 is 0 Å². The lowest BCUT2D eigenvalue weighted by atomic mass is 10.0. The molecule has 5 heteroatoms. The number of rotatable bonds is 9. The molecular formula is C19H28O3S2. The molecule has 1 heterocycles. The SMILES string of the molecule is C[C@H](/C=C/CO)C1(C[C@H](O)COCc2ccccc2)SCCCS1. The highest BCUT2D eigenvalue weighted by Gasteiger charge is 2.39. The van der Waals surface area contributed by atoms with Crippen LogP contribution in [0.5, 0.6) is 0 Å². The molecule has 1 fully saturated rings. The molecule has 0 unspecified atom stereocenters. The van der Waals surface area contributed by atoms with E-state index in [9.17, 15) is 5.11 Å². The Kier molecular flexibility index (Phi) is 8.70. The zero-order valence-corrected chi connectivity index (χ0v) is 15.9. The van der Waals surface area contributed by atoms with E-state index in [4.69, 9.17) is 9.84 Å². The molecule has 2 rings (SSSR count). The van der Waals surface area contributed by atoms with E-state index in [1.165, 1.54) is 6.42 Å². The quantitative estimate of drug-likeness (QED) is 0.651. The maximum absolute atomic E-state index is 10.5. The van der Waals surface area contributed by atoms with Gasteiger partial charge in [0, 0.05) is 0 Å². The number of hydrogen-bond donors (Lipinski definition) is 2. The summed E-state index contributed by atoms with van der Waals surface area (Å²) in [5, 5.41) is 19.5. The number of allylic oxidation sites excluding steroid dienone is 1. The minimum Gasteiger partial charge on any atom is -0.392 e. The molecule has 1 aromatic rings. The highest BCUT2D eigenvalue weighted by molar-refractivity contribution is 8.18. The van der Waals surface area contributed by atoms with Gasteiger partial charge in [-0.2, -0.15) is 0 Å². The predicted octanol–water partition coefficient (Wildman–Crippen LogP) is 3.71. The molecule has 134 valence electrons. The highest BCUT2D eigenvalue weighted by atomic mass is 32.2. The van der Waals surface area contributed by atoms with Gasteiger partial charge in [-0.05, 0) is 35.8 Å². The Hall–Kier alpha value is -0.460. The van der Waals surface area contributed by atoms with Crippen LogP contribution in [0.3, 0.4) is 0 Å². The second-order valence-corrected chi connectivity index (χ2v) is 9.23. The van der Waals surface area contributed by atoms with Gasteiger partial charge in [-0.3, -0.25) is 0 Å². The van der Waals surface area contributed by atoms with Crippen LogP contribution < -0.4 is 0 Å². The van der Waals surface area contributed by atoms with Crippen LogP contribution in [0, 0.1) is 5.92 Å². The van der Waals surface area contributed by atoms with E-state index in [2.05, 4.69) is 13.0 Å². The zero-order valence-electron chi connectivity index (χ0n) is 14.3. The normalized spacial score (nSPS) is 20.1. The van der Waals surface area contributed by atoms with Crippen LogP contribution in [-0.4, -0.2) is 45.1 Å². The Balaban J connectivity index is 1.87. The molecular weight excluding hydrogens is 340 g/mol. The standard InChI is InChI=1S/C19H28O3S2/c1-16(7-5-10-20)19(23-11-6-12-24-19)13-18(21)15-22-14-17-8-3-2-4-9-17/h2-5,7-9,16,18,20-21H,6,10-15H2,1H3/b7-5+/t16-,18+/m1/s1. The molecule has 24 heavy (non-hydrogen) atoms. The number of aliphatic hydroxyl groups excluding tert-OH is 2. The van der Waals surface area contributed by atoms with E-state index in [-0.39, 0.29) is 10.7 Å². The molecule has 0 amide bonds. The van der Waals surface area contributed by atoms with Crippen molar-refractivity contribution in [1.82, 2.24) is 0 Å². The van der Waals surface area contributed by atoms with Crippen LogP contribution in [0.15, 0.2) is 42.5 Å². The molecule has 0 radical (unpaired) electrons. The number of ether oxygens (including phenoxy) is 1. The number of hydrogen-bond acceptors (Lipinski definition) is 5. The van der Waals surface area contributed by atoms with E-state index in [1.807, 2.05) is 53.9 Å². The molecule has 0 saturated carbocycles. The third kappa shape index (κ3) is 6.12. The van der Waals surface area contributed by atoms with Gasteiger partial charge in [-0.15, -0.1) is 23.5 Å². The van der Waals surface area contributed by atoms with Crippen molar-refractivity contribution in [2.75, 3.05) is 24.7 Å². The van der Waals surface area contributed by atoms with Crippen LogP contribution in [0.25, 0.3) is 0 Å². The van der Waals surface area contributed by atoms with Gasteiger partial charge in [-0.25, -0.2) is 0 Å². The molecule has 3 nitrogen and oxygen atoms in total. The van der Waals surface area contributed by atoms with Crippen molar-refractivity contribution in [2.24, 2.45) is 5.92 Å². The smallest absolute Gasteiger partial charge is 0.0795 e. The summed E-state index contributed by atoms with van der Waals surface area (Å²) in [5.74, 6) is 2.55. The van der Waals surface area contributed by atoms with Crippen LogP contribution in [0.1, 0.15) is 25.3 Å². The van der Waals surface area contributed by atoms with E-state index in [0.29, 0.717) is 25.6 Å². The Morgan fingerprint density at radius 1 is 1.25 bits per heavy atom. The second kappa shape index (κ2) is 10.5. The summed E-state index contributed by atoms with van der Waals surface area (Å²) in [4.78, 5) is 0. The summed E-state index contributed by atoms with van der Waals surface area (Å²) in [5.41, 5.74) is 1.13. The summed E-state index contributed by atoms with van der Waals surface area (Å²) in [6.45, 7) is 3.13. The first-order valence-corrected chi connectivity index (χ1v) is 10.5. The lowest BCUT2D eigenvalue weighted by molar-refractivity contribution is 0.0220. The first-order valence-electron chi connectivity index (χ1n) is 8.51. The van der Waals surface area contributed by atoms with Gasteiger partial charge in [-0.1, -0.05) is 49.4 Å². The van der Waals surface area contributed by atoms with Crippen LogP contribution in [-0.2, 0) is 11.3 Å². The van der Waals surface area contributed by atoms with E-state index in [1.54, 1.807) is 6.08 Å². The molecule has 0 spiro atoms.